The molecule has 0 bridgehead atoms. The molecule has 1 saturated heterocycles. The van der Waals surface area contributed by atoms with Crippen LogP contribution in [-0.2, 0) is 29.1 Å². The Hall–Kier alpha value is -3.28. The number of anilines is 1. The molecular formula is C23H26N2O8S. The Morgan fingerprint density at radius 1 is 1.12 bits per heavy atom. The van der Waals surface area contributed by atoms with Gasteiger partial charge in [0.1, 0.15) is 6.04 Å². The maximum atomic E-state index is 13.1. The fraction of sp³-hybridized carbons (Fsp3) is 0.348. The van der Waals surface area contributed by atoms with Crippen LogP contribution in [-0.4, -0.2) is 68.1 Å². The molecule has 1 amide bonds. The number of aryl methyl sites for hydroxylation is 2. The lowest BCUT2D eigenvalue weighted by Crippen LogP contribution is -2.42. The molecule has 0 aromatic heterocycles. The van der Waals surface area contributed by atoms with Crippen molar-refractivity contribution >= 4 is 33.6 Å². The van der Waals surface area contributed by atoms with Gasteiger partial charge < -0.3 is 19.9 Å². The molecule has 1 unspecified atom stereocenters. The maximum Gasteiger partial charge on any atom is 0.337 e. The predicted octanol–water partition coefficient (Wildman–Crippen LogP) is 1.40. The second-order valence-corrected chi connectivity index (χ2v) is 9.84. The number of benzene rings is 2. The third-order valence-corrected chi connectivity index (χ3v) is 7.37. The van der Waals surface area contributed by atoms with Crippen LogP contribution >= 0.6 is 0 Å². The predicted molar refractivity (Wildman–Crippen MR) is 122 cm³/mol. The molecule has 1 heterocycles. The van der Waals surface area contributed by atoms with Gasteiger partial charge in [0.05, 0.1) is 23.7 Å². The monoisotopic (exact) mass is 490 g/mol. The van der Waals surface area contributed by atoms with Crippen molar-refractivity contribution in [3.8, 4) is 0 Å². The maximum absolute atomic E-state index is 13.1. The zero-order valence-corrected chi connectivity index (χ0v) is 19.8. The minimum absolute atomic E-state index is 0.00531. The number of β-amino-alcohol motifs (C(OH)–C–C–N with tert-alkyl or cyclic N) is 1. The van der Waals surface area contributed by atoms with Crippen LogP contribution < -0.4 is 5.32 Å². The molecule has 182 valence electrons. The summed E-state index contributed by atoms with van der Waals surface area (Å²) < 4.78 is 36.9. The molecule has 11 heteroatoms. The standard InChI is InChI=1S/C23H26N2O8S/c1-14-7-8-19(9-15(14)2)34(30,31)25-12-18(26)11-20(25)23(29)33-13-21(27)24-17-6-4-5-16(10-17)22(28)32-3/h4-10,18,20,26H,11-13H2,1-3H3,(H,24,27)/t18?,20-/m0/s1. The lowest BCUT2D eigenvalue weighted by Gasteiger charge is -2.22. The van der Waals surface area contributed by atoms with Gasteiger partial charge >= 0.3 is 11.9 Å². The van der Waals surface area contributed by atoms with Crippen LogP contribution in [0.4, 0.5) is 5.69 Å². The molecule has 0 saturated carbocycles. The highest BCUT2D eigenvalue weighted by Crippen LogP contribution is 2.28. The Bertz CT molecular complexity index is 1210. The normalized spacial score (nSPS) is 18.4. The van der Waals surface area contributed by atoms with E-state index in [1.54, 1.807) is 19.1 Å². The summed E-state index contributed by atoms with van der Waals surface area (Å²) in [6.07, 6.45) is -1.19. The van der Waals surface area contributed by atoms with E-state index in [2.05, 4.69) is 10.1 Å². The topological polar surface area (TPSA) is 139 Å². The Balaban J connectivity index is 1.67. The van der Waals surface area contributed by atoms with Gasteiger partial charge in [0.15, 0.2) is 6.61 Å². The van der Waals surface area contributed by atoms with Gasteiger partial charge in [-0.3, -0.25) is 9.59 Å². The summed E-state index contributed by atoms with van der Waals surface area (Å²) in [5, 5.41) is 12.5. The van der Waals surface area contributed by atoms with Crippen LogP contribution in [0.1, 0.15) is 27.9 Å². The summed E-state index contributed by atoms with van der Waals surface area (Å²) in [6.45, 7) is 2.69. The molecule has 1 fully saturated rings. The molecule has 2 aromatic carbocycles. The van der Waals surface area contributed by atoms with E-state index in [0.29, 0.717) is 5.69 Å². The number of methoxy groups -OCH3 is 1. The highest BCUT2D eigenvalue weighted by atomic mass is 32.2. The van der Waals surface area contributed by atoms with Crippen molar-refractivity contribution in [3.63, 3.8) is 0 Å². The number of sulfonamides is 1. The first-order valence-electron chi connectivity index (χ1n) is 10.4. The molecule has 10 nitrogen and oxygen atoms in total. The molecule has 0 aliphatic carbocycles. The van der Waals surface area contributed by atoms with Gasteiger partial charge in [0, 0.05) is 18.7 Å². The lowest BCUT2D eigenvalue weighted by molar-refractivity contribution is -0.150. The summed E-state index contributed by atoms with van der Waals surface area (Å²) in [4.78, 5) is 36.5. The molecule has 2 atom stereocenters. The van der Waals surface area contributed by atoms with Crippen LogP contribution in [0.3, 0.4) is 0 Å². The zero-order valence-electron chi connectivity index (χ0n) is 19.0. The van der Waals surface area contributed by atoms with Gasteiger partial charge in [-0.25, -0.2) is 13.2 Å². The van der Waals surface area contributed by atoms with Crippen molar-refractivity contribution in [1.82, 2.24) is 4.31 Å². The molecule has 1 aliphatic rings. The molecule has 0 radical (unpaired) electrons. The van der Waals surface area contributed by atoms with Gasteiger partial charge in [-0.1, -0.05) is 12.1 Å². The van der Waals surface area contributed by atoms with E-state index < -0.39 is 46.6 Å². The van der Waals surface area contributed by atoms with Crippen molar-refractivity contribution in [3.05, 3.63) is 59.2 Å². The van der Waals surface area contributed by atoms with E-state index in [0.717, 1.165) is 15.4 Å². The number of nitrogens with one attached hydrogen (secondary N) is 1. The average Bonchev–Trinajstić information content (AvgIpc) is 3.21. The van der Waals surface area contributed by atoms with E-state index in [1.165, 1.54) is 37.4 Å². The fourth-order valence-electron chi connectivity index (χ4n) is 3.55. The lowest BCUT2D eigenvalue weighted by atomic mass is 10.1. The van der Waals surface area contributed by atoms with E-state index in [1.807, 2.05) is 6.92 Å². The van der Waals surface area contributed by atoms with E-state index in [-0.39, 0.29) is 23.4 Å². The number of hydrogen-bond donors (Lipinski definition) is 2. The third-order valence-electron chi connectivity index (χ3n) is 5.50. The molecule has 1 aliphatic heterocycles. The summed E-state index contributed by atoms with van der Waals surface area (Å²) in [6, 6.07) is 9.35. The molecule has 0 spiro atoms. The second-order valence-electron chi connectivity index (χ2n) is 7.95. The number of nitrogens with zero attached hydrogens (tertiary/aromatic N) is 1. The van der Waals surface area contributed by atoms with Gasteiger partial charge in [-0.2, -0.15) is 4.31 Å². The van der Waals surface area contributed by atoms with Crippen molar-refractivity contribution in [2.45, 2.75) is 37.3 Å². The van der Waals surface area contributed by atoms with Crippen LogP contribution in [0, 0.1) is 13.8 Å². The average molecular weight is 491 g/mol. The van der Waals surface area contributed by atoms with E-state index >= 15 is 0 Å². The van der Waals surface area contributed by atoms with E-state index in [9.17, 15) is 27.9 Å². The van der Waals surface area contributed by atoms with Gasteiger partial charge in [0.2, 0.25) is 10.0 Å². The first-order valence-corrected chi connectivity index (χ1v) is 11.9. The van der Waals surface area contributed by atoms with Crippen LogP contribution in [0.25, 0.3) is 0 Å². The SMILES string of the molecule is COC(=O)c1cccc(NC(=O)COC(=O)[C@@H]2CC(O)CN2S(=O)(=O)c2ccc(C)c(C)c2)c1. The molecule has 34 heavy (non-hydrogen) atoms. The summed E-state index contributed by atoms with van der Waals surface area (Å²) in [7, 11) is -2.85. The first-order chi connectivity index (χ1) is 16.0. The highest BCUT2D eigenvalue weighted by molar-refractivity contribution is 7.89. The number of aliphatic hydroxyl groups is 1. The highest BCUT2D eigenvalue weighted by Gasteiger charge is 2.44. The first kappa shape index (κ1) is 25.3. The number of carbonyl (C=O) groups excluding carboxylic acids is 3. The number of amides is 1. The van der Waals surface area contributed by atoms with Crippen molar-refractivity contribution in [1.29, 1.82) is 0 Å². The number of ether oxygens (including phenoxy) is 2. The minimum atomic E-state index is -4.08. The number of rotatable bonds is 7. The van der Waals surface area contributed by atoms with Crippen LogP contribution in [0.2, 0.25) is 0 Å². The van der Waals surface area contributed by atoms with Gasteiger partial charge in [0.25, 0.3) is 5.91 Å². The van der Waals surface area contributed by atoms with Crippen molar-refractivity contribution in [2.24, 2.45) is 0 Å². The molecule has 3 rings (SSSR count). The Labute approximate surface area is 197 Å². The Kier molecular flexibility index (Phi) is 7.70. The third kappa shape index (κ3) is 5.61. The quantitative estimate of drug-likeness (QED) is 0.555. The summed E-state index contributed by atoms with van der Waals surface area (Å²) in [5.74, 6) is -2.20. The number of carbonyl (C=O) groups is 3. The second kappa shape index (κ2) is 10.3. The Morgan fingerprint density at radius 3 is 2.53 bits per heavy atom. The molecule has 2 aromatic rings. The molecule has 2 N–H and O–H groups in total. The van der Waals surface area contributed by atoms with Crippen LogP contribution in [0.5, 0.6) is 0 Å². The largest absolute Gasteiger partial charge is 0.465 e. The van der Waals surface area contributed by atoms with Gasteiger partial charge in [-0.15, -0.1) is 0 Å². The van der Waals surface area contributed by atoms with Crippen molar-refractivity contribution < 1.29 is 37.4 Å². The number of esters is 2. The summed E-state index contributed by atoms with van der Waals surface area (Å²) in [5.41, 5.74) is 2.20. The zero-order chi connectivity index (χ0) is 25.0. The number of aliphatic hydroxyl groups excluding tert-OH is 1. The van der Waals surface area contributed by atoms with E-state index in [4.69, 9.17) is 4.74 Å². The van der Waals surface area contributed by atoms with Crippen LogP contribution in [0.15, 0.2) is 47.4 Å². The molecular weight excluding hydrogens is 464 g/mol. The minimum Gasteiger partial charge on any atom is -0.465 e. The number of hydrogen-bond acceptors (Lipinski definition) is 8. The fourth-order valence-corrected chi connectivity index (χ4v) is 5.26. The Morgan fingerprint density at radius 2 is 1.85 bits per heavy atom. The van der Waals surface area contributed by atoms with Gasteiger partial charge in [-0.05, 0) is 55.3 Å². The van der Waals surface area contributed by atoms with Crippen molar-refractivity contribution in [2.75, 3.05) is 25.6 Å². The summed E-state index contributed by atoms with van der Waals surface area (Å²) >= 11 is 0. The smallest absolute Gasteiger partial charge is 0.337 e.